The summed E-state index contributed by atoms with van der Waals surface area (Å²) in [5.74, 6) is 0.639. The molecule has 0 saturated heterocycles. The summed E-state index contributed by atoms with van der Waals surface area (Å²) in [5, 5.41) is 5.60. The molecule has 1 fully saturated rings. The Hall–Kier alpha value is -2.03. The molecule has 3 rings (SSSR count). The van der Waals surface area contributed by atoms with Gasteiger partial charge in [-0.3, -0.25) is 0 Å². The van der Waals surface area contributed by atoms with E-state index in [1.807, 2.05) is 7.05 Å². The number of carbonyl (C=O) groups is 1. The molecule has 2 atom stereocenters. The molecule has 21 heavy (non-hydrogen) atoms. The van der Waals surface area contributed by atoms with E-state index in [-0.39, 0.29) is 6.03 Å². The predicted molar refractivity (Wildman–Crippen MR) is 86.4 cm³/mol. The number of nitrogens with one attached hydrogen (secondary N) is 1. The lowest BCUT2D eigenvalue weighted by molar-refractivity contribution is 0.208. The molecule has 2 amide bonds. The topological polar surface area (TPSA) is 32.3 Å². The third kappa shape index (κ3) is 3.18. The van der Waals surface area contributed by atoms with Crippen molar-refractivity contribution in [3.63, 3.8) is 0 Å². The first-order valence-electron chi connectivity index (χ1n) is 7.63. The number of benzene rings is 2. The van der Waals surface area contributed by atoms with Crippen molar-refractivity contribution in [2.24, 2.45) is 5.92 Å². The van der Waals surface area contributed by atoms with Crippen molar-refractivity contribution >= 4 is 16.8 Å². The van der Waals surface area contributed by atoms with Gasteiger partial charge in [0.15, 0.2) is 0 Å². The van der Waals surface area contributed by atoms with Gasteiger partial charge < -0.3 is 10.2 Å². The Bertz CT molecular complexity index is 647. The number of rotatable bonds is 4. The molecule has 0 heterocycles. The van der Waals surface area contributed by atoms with Gasteiger partial charge in [0.25, 0.3) is 0 Å². The SMILES string of the molecule is C[C@H]1C[C@H]1NC(=O)N(C)CCc1cccc2ccccc12. The highest BCUT2D eigenvalue weighted by atomic mass is 16.2. The summed E-state index contributed by atoms with van der Waals surface area (Å²) in [7, 11) is 1.87. The molecule has 1 aliphatic carbocycles. The molecule has 0 aromatic heterocycles. The Balaban J connectivity index is 1.62. The maximum absolute atomic E-state index is 12.0. The van der Waals surface area contributed by atoms with Crippen LogP contribution in [-0.2, 0) is 6.42 Å². The van der Waals surface area contributed by atoms with Gasteiger partial charge in [-0.1, -0.05) is 49.4 Å². The summed E-state index contributed by atoms with van der Waals surface area (Å²) in [4.78, 5) is 13.8. The van der Waals surface area contributed by atoms with E-state index in [0.29, 0.717) is 12.0 Å². The standard InChI is InChI=1S/C18H22N2O/c1-13-12-17(13)19-18(21)20(2)11-10-15-8-5-7-14-6-3-4-9-16(14)15/h3-9,13,17H,10-12H2,1-2H3,(H,19,21)/t13-,17+/m0/s1. The Morgan fingerprint density at radius 2 is 1.95 bits per heavy atom. The first-order chi connectivity index (χ1) is 10.1. The van der Waals surface area contributed by atoms with Crippen molar-refractivity contribution in [3.05, 3.63) is 48.0 Å². The van der Waals surface area contributed by atoms with Crippen molar-refractivity contribution < 1.29 is 4.79 Å². The van der Waals surface area contributed by atoms with Crippen LogP contribution >= 0.6 is 0 Å². The highest BCUT2D eigenvalue weighted by molar-refractivity contribution is 5.85. The number of amides is 2. The van der Waals surface area contributed by atoms with Crippen molar-refractivity contribution in [1.82, 2.24) is 10.2 Å². The summed E-state index contributed by atoms with van der Waals surface area (Å²) < 4.78 is 0. The minimum atomic E-state index is 0.0459. The molecule has 3 nitrogen and oxygen atoms in total. The lowest BCUT2D eigenvalue weighted by Crippen LogP contribution is -2.39. The van der Waals surface area contributed by atoms with Crippen molar-refractivity contribution in [1.29, 1.82) is 0 Å². The van der Waals surface area contributed by atoms with E-state index in [1.165, 1.54) is 16.3 Å². The predicted octanol–water partition coefficient (Wildman–Crippen LogP) is 3.43. The molecule has 3 heteroatoms. The Kier molecular flexibility index (Phi) is 3.82. The van der Waals surface area contributed by atoms with E-state index >= 15 is 0 Å². The van der Waals surface area contributed by atoms with Crippen LogP contribution in [0.5, 0.6) is 0 Å². The summed E-state index contributed by atoms with van der Waals surface area (Å²) in [6, 6.07) is 15.2. The number of fused-ring (bicyclic) bond motifs is 1. The number of carbonyl (C=O) groups excluding carboxylic acids is 1. The molecule has 0 aliphatic heterocycles. The second-order valence-electron chi connectivity index (χ2n) is 6.08. The second-order valence-corrected chi connectivity index (χ2v) is 6.08. The van der Waals surface area contributed by atoms with Crippen molar-refractivity contribution in [3.8, 4) is 0 Å². The van der Waals surface area contributed by atoms with Gasteiger partial charge in [0.05, 0.1) is 0 Å². The van der Waals surface area contributed by atoms with Gasteiger partial charge in [-0.05, 0) is 35.1 Å². The maximum atomic E-state index is 12.0. The van der Waals surface area contributed by atoms with Crippen LogP contribution in [0.25, 0.3) is 10.8 Å². The zero-order valence-corrected chi connectivity index (χ0v) is 12.7. The first-order valence-corrected chi connectivity index (χ1v) is 7.63. The number of urea groups is 1. The Morgan fingerprint density at radius 3 is 2.71 bits per heavy atom. The molecule has 0 unspecified atom stereocenters. The molecular weight excluding hydrogens is 260 g/mol. The molecule has 2 aromatic rings. The van der Waals surface area contributed by atoms with E-state index in [0.717, 1.165) is 19.4 Å². The summed E-state index contributed by atoms with van der Waals surface area (Å²) in [6.45, 7) is 2.90. The van der Waals surface area contributed by atoms with Crippen LogP contribution < -0.4 is 5.32 Å². The van der Waals surface area contributed by atoms with Gasteiger partial charge in [0, 0.05) is 19.6 Å². The molecule has 1 aliphatic rings. The molecule has 0 spiro atoms. The van der Waals surface area contributed by atoms with E-state index in [4.69, 9.17) is 0 Å². The zero-order valence-electron chi connectivity index (χ0n) is 12.7. The third-order valence-electron chi connectivity index (χ3n) is 4.36. The van der Waals surface area contributed by atoms with Crippen molar-refractivity contribution in [2.75, 3.05) is 13.6 Å². The van der Waals surface area contributed by atoms with Crippen LogP contribution in [0.1, 0.15) is 18.9 Å². The van der Waals surface area contributed by atoms with Gasteiger partial charge in [-0.25, -0.2) is 4.79 Å². The fourth-order valence-electron chi connectivity index (χ4n) is 2.69. The average Bonchev–Trinajstić information content (AvgIpc) is 3.19. The van der Waals surface area contributed by atoms with Gasteiger partial charge in [0.2, 0.25) is 0 Å². The largest absolute Gasteiger partial charge is 0.335 e. The van der Waals surface area contributed by atoms with Crippen LogP contribution in [0, 0.1) is 5.92 Å². The molecule has 0 radical (unpaired) electrons. The number of nitrogens with zero attached hydrogens (tertiary/aromatic N) is 1. The van der Waals surface area contributed by atoms with E-state index < -0.39 is 0 Å². The average molecular weight is 282 g/mol. The quantitative estimate of drug-likeness (QED) is 0.915. The lowest BCUT2D eigenvalue weighted by Gasteiger charge is -2.18. The zero-order chi connectivity index (χ0) is 14.8. The minimum Gasteiger partial charge on any atom is -0.335 e. The van der Waals surface area contributed by atoms with Crippen LogP contribution in [0.15, 0.2) is 42.5 Å². The van der Waals surface area contributed by atoms with E-state index in [2.05, 4.69) is 54.7 Å². The fraction of sp³-hybridized carbons (Fsp3) is 0.389. The normalized spacial score (nSPS) is 20.3. The van der Waals surface area contributed by atoms with Gasteiger partial charge in [-0.2, -0.15) is 0 Å². The molecule has 110 valence electrons. The van der Waals surface area contributed by atoms with Crippen LogP contribution in [-0.4, -0.2) is 30.6 Å². The number of hydrogen-bond acceptors (Lipinski definition) is 1. The molecule has 0 bridgehead atoms. The van der Waals surface area contributed by atoms with Crippen LogP contribution in [0.2, 0.25) is 0 Å². The monoisotopic (exact) mass is 282 g/mol. The fourth-order valence-corrected chi connectivity index (χ4v) is 2.69. The number of likely N-dealkylation sites (N-methyl/N-ethyl adjacent to an activating group) is 1. The molecular formula is C18H22N2O. The summed E-state index contributed by atoms with van der Waals surface area (Å²) in [5.41, 5.74) is 1.30. The number of hydrogen-bond donors (Lipinski definition) is 1. The van der Waals surface area contributed by atoms with E-state index in [9.17, 15) is 4.79 Å². The Labute approximate surface area is 125 Å². The summed E-state index contributed by atoms with van der Waals surface area (Å²) in [6.07, 6.45) is 1.99. The van der Waals surface area contributed by atoms with Crippen LogP contribution in [0.4, 0.5) is 4.79 Å². The van der Waals surface area contributed by atoms with E-state index in [1.54, 1.807) is 4.90 Å². The second kappa shape index (κ2) is 5.76. The smallest absolute Gasteiger partial charge is 0.317 e. The maximum Gasteiger partial charge on any atom is 0.317 e. The summed E-state index contributed by atoms with van der Waals surface area (Å²) >= 11 is 0. The highest BCUT2D eigenvalue weighted by Gasteiger charge is 2.34. The van der Waals surface area contributed by atoms with Gasteiger partial charge in [0.1, 0.15) is 0 Å². The minimum absolute atomic E-state index is 0.0459. The molecule has 1 saturated carbocycles. The van der Waals surface area contributed by atoms with Crippen molar-refractivity contribution in [2.45, 2.75) is 25.8 Å². The molecule has 1 N–H and O–H groups in total. The third-order valence-corrected chi connectivity index (χ3v) is 4.36. The van der Waals surface area contributed by atoms with Gasteiger partial charge in [-0.15, -0.1) is 0 Å². The molecule has 2 aromatic carbocycles. The highest BCUT2D eigenvalue weighted by Crippen LogP contribution is 2.29. The first kappa shape index (κ1) is 13.9. The van der Waals surface area contributed by atoms with Gasteiger partial charge >= 0.3 is 6.03 Å². The Morgan fingerprint density at radius 1 is 1.24 bits per heavy atom. The van der Waals surface area contributed by atoms with Crippen LogP contribution in [0.3, 0.4) is 0 Å². The lowest BCUT2D eigenvalue weighted by atomic mass is 10.0.